The quantitative estimate of drug-likeness (QED) is 0.273. The van der Waals surface area contributed by atoms with E-state index < -0.39 is 0 Å². The van der Waals surface area contributed by atoms with Crippen LogP contribution in [0.2, 0.25) is 0 Å². The zero-order valence-corrected chi connectivity index (χ0v) is 30.7. The molecule has 1 aliphatic heterocycles. The summed E-state index contributed by atoms with van der Waals surface area (Å²) in [6.07, 6.45) is 4.60. The molecule has 0 unspecified atom stereocenters. The molecule has 203 valence electrons. The third-order valence-electron chi connectivity index (χ3n) is 4.74. The van der Waals surface area contributed by atoms with E-state index >= 15 is 0 Å². The van der Waals surface area contributed by atoms with Gasteiger partial charge in [-0.15, -0.1) is 6.61 Å². The summed E-state index contributed by atoms with van der Waals surface area (Å²) in [6.45, 7) is 6.36. The van der Waals surface area contributed by atoms with Crippen LogP contribution in [0.3, 0.4) is 0 Å². The van der Waals surface area contributed by atoms with Gasteiger partial charge in [-0.3, -0.25) is 0 Å². The van der Waals surface area contributed by atoms with Crippen molar-refractivity contribution < 1.29 is 75.8 Å². The molecule has 1 radical (unpaired) electrons. The van der Waals surface area contributed by atoms with Crippen LogP contribution in [0.25, 0.3) is 10.8 Å². The van der Waals surface area contributed by atoms with E-state index in [0.29, 0.717) is 19.8 Å². The SMILES string of the molecule is C1CCOC1.CN(C)CCCOCCO.CN(C)CCCOCC[O-].[K+].[K].c1ccc2ccccc2c1. The second kappa shape index (κ2) is 33.9. The topological polar surface area (TPSA) is 77.5 Å². The van der Waals surface area contributed by atoms with Gasteiger partial charge in [0, 0.05) is 84.4 Å². The van der Waals surface area contributed by atoms with Crippen molar-refractivity contribution in [3.8, 4) is 0 Å². The summed E-state index contributed by atoms with van der Waals surface area (Å²) in [4.78, 5) is 4.21. The molecule has 1 saturated heterocycles. The fourth-order valence-corrected chi connectivity index (χ4v) is 2.94. The summed E-state index contributed by atoms with van der Waals surface area (Å²) in [6, 6.07) is 16.7. The van der Waals surface area contributed by atoms with Crippen molar-refractivity contribution in [1.29, 1.82) is 0 Å². The number of hydrogen-bond donors (Lipinski definition) is 1. The maximum absolute atomic E-state index is 9.89. The maximum Gasteiger partial charge on any atom is 1.00 e. The number of aliphatic hydroxyl groups is 1. The number of hydrogen-bond acceptors (Lipinski definition) is 7. The molecule has 1 fully saturated rings. The van der Waals surface area contributed by atoms with Gasteiger partial charge in [-0.25, -0.2) is 0 Å². The fraction of sp³-hybridized carbons (Fsp3) is 0.643. The number of rotatable bonds is 12. The van der Waals surface area contributed by atoms with Gasteiger partial charge < -0.3 is 34.2 Å². The Bertz CT molecular complexity index is 601. The Morgan fingerprint density at radius 2 is 1.16 bits per heavy atom. The van der Waals surface area contributed by atoms with Gasteiger partial charge in [0.15, 0.2) is 0 Å². The van der Waals surface area contributed by atoms with Gasteiger partial charge in [-0.2, -0.15) is 0 Å². The van der Waals surface area contributed by atoms with Crippen molar-refractivity contribution >= 4 is 62.2 Å². The number of nitrogens with zero attached hydrogens (tertiary/aromatic N) is 2. The molecule has 7 nitrogen and oxygen atoms in total. The van der Waals surface area contributed by atoms with Crippen LogP contribution >= 0.6 is 0 Å². The van der Waals surface area contributed by atoms with Gasteiger partial charge >= 0.3 is 51.4 Å². The Labute approximate surface area is 311 Å². The first kappa shape index (κ1) is 43.2. The van der Waals surface area contributed by atoms with Crippen molar-refractivity contribution in [2.45, 2.75) is 25.7 Å². The minimum Gasteiger partial charge on any atom is -0.853 e. The first-order valence-electron chi connectivity index (χ1n) is 12.7. The van der Waals surface area contributed by atoms with E-state index in [1.54, 1.807) is 0 Å². The van der Waals surface area contributed by atoms with E-state index in [1.165, 1.54) is 23.6 Å². The minimum absolute atomic E-state index is 0. The average molecular weight is 572 g/mol. The number of benzene rings is 2. The molecule has 1 heterocycles. The maximum atomic E-state index is 9.89. The molecule has 9 heteroatoms. The van der Waals surface area contributed by atoms with Gasteiger partial charge in [0.1, 0.15) is 0 Å². The fourth-order valence-electron chi connectivity index (χ4n) is 2.94. The molecule has 0 bridgehead atoms. The first-order valence-corrected chi connectivity index (χ1v) is 12.7. The van der Waals surface area contributed by atoms with E-state index in [1.807, 2.05) is 28.2 Å². The van der Waals surface area contributed by atoms with Gasteiger partial charge in [-0.05, 0) is 77.7 Å². The molecule has 1 N–H and O–H groups in total. The number of ether oxygens (including phenoxy) is 3. The molecule has 0 spiro atoms. The van der Waals surface area contributed by atoms with E-state index in [2.05, 4.69) is 58.3 Å². The van der Waals surface area contributed by atoms with Crippen LogP contribution in [-0.4, -0.2) is 160 Å². The van der Waals surface area contributed by atoms with Crippen molar-refractivity contribution in [2.75, 3.05) is 94.1 Å². The molecule has 2 aromatic carbocycles. The summed E-state index contributed by atoms with van der Waals surface area (Å²) in [7, 11) is 8.11. The van der Waals surface area contributed by atoms with Crippen LogP contribution in [0.1, 0.15) is 25.7 Å². The predicted octanol–water partition coefficient (Wildman–Crippen LogP) is -0.478. The molecule has 0 aliphatic carbocycles. The van der Waals surface area contributed by atoms with E-state index in [0.717, 1.165) is 45.8 Å². The molecule has 0 saturated carbocycles. The zero-order valence-electron chi connectivity index (χ0n) is 24.5. The van der Waals surface area contributed by atoms with Crippen LogP contribution in [0.4, 0.5) is 0 Å². The van der Waals surface area contributed by atoms with Crippen LogP contribution < -0.4 is 56.5 Å². The van der Waals surface area contributed by atoms with Crippen molar-refractivity contribution in [2.24, 2.45) is 0 Å². The molecular formula is C28H49K2N2O5. The summed E-state index contributed by atoms with van der Waals surface area (Å²) in [5, 5.41) is 20.9. The summed E-state index contributed by atoms with van der Waals surface area (Å²) in [5.41, 5.74) is 0. The number of aliphatic hydroxyl groups excluding tert-OH is 1. The zero-order chi connectivity index (χ0) is 26.0. The van der Waals surface area contributed by atoms with Crippen LogP contribution in [0.5, 0.6) is 0 Å². The molecule has 37 heavy (non-hydrogen) atoms. The second-order valence-corrected chi connectivity index (χ2v) is 8.63. The van der Waals surface area contributed by atoms with E-state index in [9.17, 15) is 5.11 Å². The molecular weight excluding hydrogens is 523 g/mol. The van der Waals surface area contributed by atoms with E-state index in [4.69, 9.17) is 19.3 Å². The summed E-state index contributed by atoms with van der Waals surface area (Å²) in [5.74, 6) is 0. The number of fused-ring (bicyclic) bond motifs is 1. The van der Waals surface area contributed by atoms with E-state index in [-0.39, 0.29) is 116 Å². The molecule has 2 aromatic rings. The van der Waals surface area contributed by atoms with Gasteiger partial charge in [0.2, 0.25) is 0 Å². The van der Waals surface area contributed by atoms with Gasteiger partial charge in [0.25, 0.3) is 0 Å². The summed E-state index contributed by atoms with van der Waals surface area (Å²) >= 11 is 0. The Morgan fingerprint density at radius 3 is 1.46 bits per heavy atom. The predicted molar refractivity (Wildman–Crippen MR) is 150 cm³/mol. The molecule has 0 aromatic heterocycles. The molecule has 0 atom stereocenters. The van der Waals surface area contributed by atoms with Crippen molar-refractivity contribution in [3.63, 3.8) is 0 Å². The largest absolute Gasteiger partial charge is 1.00 e. The van der Waals surface area contributed by atoms with Gasteiger partial charge in [-0.1, -0.05) is 48.5 Å². The van der Waals surface area contributed by atoms with Crippen LogP contribution in [0, 0.1) is 0 Å². The molecule has 0 amide bonds. The first-order chi connectivity index (χ1) is 17.0. The third kappa shape index (κ3) is 32.1. The normalized spacial score (nSPS) is 11.8. The average Bonchev–Trinajstić information content (AvgIpc) is 3.45. The van der Waals surface area contributed by atoms with Crippen molar-refractivity contribution in [1.82, 2.24) is 9.80 Å². The van der Waals surface area contributed by atoms with Crippen LogP contribution in [-0.2, 0) is 14.2 Å². The Balaban J connectivity index is -0.000000418. The molecule has 1 aliphatic rings. The Morgan fingerprint density at radius 1 is 0.757 bits per heavy atom. The van der Waals surface area contributed by atoms with Gasteiger partial charge in [0.05, 0.1) is 13.2 Å². The van der Waals surface area contributed by atoms with Crippen LogP contribution in [0.15, 0.2) is 48.5 Å². The standard InChI is InChI=1S/C10H8.C7H17NO2.C7H16NO2.C4H8O.2K/c1-2-6-10-8-4-3-7-9(10)5-1;2*1-8(2)4-3-6-10-7-5-9;1-2-4-5-3-1;;/h1-8H;9H,3-7H2,1-2H3;3-7H2,1-2H3;1-4H2;;/q;;-1;;;+1. The monoisotopic (exact) mass is 571 g/mol. The Kier molecular flexibility index (Phi) is 39.5. The van der Waals surface area contributed by atoms with Crippen molar-refractivity contribution in [3.05, 3.63) is 48.5 Å². The third-order valence-corrected chi connectivity index (χ3v) is 4.74. The summed E-state index contributed by atoms with van der Waals surface area (Å²) < 4.78 is 15.0. The smallest absolute Gasteiger partial charge is 0.853 e. The second-order valence-electron chi connectivity index (χ2n) is 8.63. The minimum atomic E-state index is -0.123. The molecule has 3 rings (SSSR count). The Hall–Kier alpha value is 1.69.